The molecule has 0 aromatic heterocycles. The van der Waals surface area contributed by atoms with Crippen molar-refractivity contribution < 1.29 is 29.3 Å². The van der Waals surface area contributed by atoms with Crippen LogP contribution in [-0.2, 0) is 25.5 Å². The lowest BCUT2D eigenvalue weighted by molar-refractivity contribution is -0.145. The SMILES string of the molecule is CC1(C(=O)O)C=CC=C(C(=O)O)C1.COC(=O)C1CCCc2c1ccc1c2cc(Cl)c2ccccc21. The van der Waals surface area contributed by atoms with Crippen LogP contribution in [0.1, 0.15) is 43.2 Å². The molecule has 5 rings (SSSR count). The molecule has 0 saturated carbocycles. The van der Waals surface area contributed by atoms with E-state index in [2.05, 4.69) is 24.3 Å². The molecule has 186 valence electrons. The number of esters is 1. The van der Waals surface area contributed by atoms with Gasteiger partial charge < -0.3 is 14.9 Å². The van der Waals surface area contributed by atoms with Gasteiger partial charge >= 0.3 is 17.9 Å². The monoisotopic (exact) mass is 506 g/mol. The zero-order chi connectivity index (χ0) is 26.0. The average Bonchev–Trinajstić information content (AvgIpc) is 2.88. The number of hydrogen-bond acceptors (Lipinski definition) is 4. The molecular weight excluding hydrogens is 480 g/mol. The summed E-state index contributed by atoms with van der Waals surface area (Å²) in [7, 11) is 1.46. The lowest BCUT2D eigenvalue weighted by Gasteiger charge is -2.25. The number of hydrogen-bond donors (Lipinski definition) is 2. The zero-order valence-corrected chi connectivity index (χ0v) is 20.8. The van der Waals surface area contributed by atoms with Crippen molar-refractivity contribution in [3.63, 3.8) is 0 Å². The summed E-state index contributed by atoms with van der Waals surface area (Å²) < 4.78 is 4.99. The summed E-state index contributed by atoms with van der Waals surface area (Å²) in [6.07, 6.45) is 7.27. The standard InChI is InChI=1S/C20H17ClO2.C9H10O4/c1-23-20(22)17-8-4-7-13-14(17)9-10-15-12-5-2-3-6-16(12)19(21)11-18(13)15;1-9(8(12)13)4-2-3-6(5-9)7(10)11/h2-3,5-6,9-11,17H,4,7-8H2,1H3;2-4H,5H2,1H3,(H,10,11)(H,12,13). The van der Waals surface area contributed by atoms with Crippen LogP contribution < -0.4 is 0 Å². The molecule has 0 spiro atoms. The van der Waals surface area contributed by atoms with E-state index in [1.807, 2.05) is 18.2 Å². The van der Waals surface area contributed by atoms with E-state index >= 15 is 0 Å². The third-order valence-corrected chi connectivity index (χ3v) is 7.31. The summed E-state index contributed by atoms with van der Waals surface area (Å²) in [6.45, 7) is 1.50. The number of aliphatic carboxylic acids is 2. The molecule has 3 aromatic carbocycles. The van der Waals surface area contributed by atoms with E-state index in [0.717, 1.165) is 40.6 Å². The smallest absolute Gasteiger partial charge is 0.331 e. The number of ether oxygens (including phenoxy) is 1. The molecule has 0 fully saturated rings. The molecule has 0 aliphatic heterocycles. The fraction of sp³-hybridized carbons (Fsp3) is 0.276. The Morgan fingerprint density at radius 3 is 2.39 bits per heavy atom. The number of allylic oxidation sites excluding steroid dienone is 2. The molecule has 0 amide bonds. The van der Waals surface area contributed by atoms with Crippen LogP contribution in [0.25, 0.3) is 21.5 Å². The second kappa shape index (κ2) is 10.2. The maximum atomic E-state index is 12.1. The summed E-state index contributed by atoms with van der Waals surface area (Å²) in [6, 6.07) is 14.5. The summed E-state index contributed by atoms with van der Waals surface area (Å²) in [4.78, 5) is 33.4. The summed E-state index contributed by atoms with van der Waals surface area (Å²) >= 11 is 6.51. The van der Waals surface area contributed by atoms with Crippen molar-refractivity contribution in [3.05, 3.63) is 82.4 Å². The third-order valence-electron chi connectivity index (χ3n) is 7.00. The molecule has 2 atom stereocenters. The van der Waals surface area contributed by atoms with Crippen molar-refractivity contribution in [2.75, 3.05) is 7.11 Å². The minimum Gasteiger partial charge on any atom is -0.481 e. The molecule has 2 unspecified atom stereocenters. The van der Waals surface area contributed by atoms with Gasteiger partial charge in [-0.15, -0.1) is 0 Å². The summed E-state index contributed by atoms with van der Waals surface area (Å²) in [5.74, 6) is -2.36. The van der Waals surface area contributed by atoms with Crippen molar-refractivity contribution in [1.29, 1.82) is 0 Å². The van der Waals surface area contributed by atoms with Gasteiger partial charge in [0.15, 0.2) is 0 Å². The first-order valence-electron chi connectivity index (χ1n) is 11.7. The van der Waals surface area contributed by atoms with E-state index in [1.54, 1.807) is 0 Å². The van der Waals surface area contributed by atoms with Gasteiger partial charge in [0.1, 0.15) is 0 Å². The predicted molar refractivity (Wildman–Crippen MR) is 139 cm³/mol. The normalized spacial score (nSPS) is 20.6. The molecule has 2 aliphatic carbocycles. The number of carboxylic acid groups (broad SMARTS) is 2. The Morgan fingerprint density at radius 2 is 1.72 bits per heavy atom. The van der Waals surface area contributed by atoms with E-state index in [4.69, 9.17) is 26.6 Å². The summed E-state index contributed by atoms with van der Waals surface area (Å²) in [5.41, 5.74) is 1.40. The Hall–Kier alpha value is -3.64. The van der Waals surface area contributed by atoms with Crippen molar-refractivity contribution >= 4 is 51.1 Å². The number of methoxy groups -OCH3 is 1. The van der Waals surface area contributed by atoms with Crippen LogP contribution in [0, 0.1) is 5.41 Å². The number of rotatable bonds is 3. The third kappa shape index (κ3) is 4.73. The van der Waals surface area contributed by atoms with Gasteiger partial charge in [0, 0.05) is 16.0 Å². The fourth-order valence-electron chi connectivity index (χ4n) is 5.03. The minimum absolute atomic E-state index is 0.0359. The number of carboxylic acids is 2. The van der Waals surface area contributed by atoms with Gasteiger partial charge in [-0.1, -0.05) is 66.2 Å². The van der Waals surface area contributed by atoms with Crippen LogP contribution in [0.5, 0.6) is 0 Å². The second-order valence-electron chi connectivity index (χ2n) is 9.36. The highest BCUT2D eigenvalue weighted by Crippen LogP contribution is 2.40. The molecular formula is C29H27ClO6. The number of carbonyl (C=O) groups is 3. The molecule has 0 bridgehead atoms. The average molecular weight is 507 g/mol. The highest BCUT2D eigenvalue weighted by molar-refractivity contribution is 6.37. The predicted octanol–water partition coefficient (Wildman–Crippen LogP) is 6.29. The Labute approximate surface area is 213 Å². The molecule has 0 heterocycles. The number of fused-ring (bicyclic) bond motifs is 5. The summed E-state index contributed by atoms with van der Waals surface area (Å²) in [5, 5.41) is 22.9. The topological polar surface area (TPSA) is 101 Å². The van der Waals surface area contributed by atoms with Gasteiger partial charge in [-0.3, -0.25) is 9.59 Å². The molecule has 3 aromatic rings. The van der Waals surface area contributed by atoms with Gasteiger partial charge in [0.05, 0.1) is 18.4 Å². The Morgan fingerprint density at radius 1 is 1.03 bits per heavy atom. The Balaban J connectivity index is 0.000000200. The molecule has 0 saturated heterocycles. The van der Waals surface area contributed by atoms with E-state index in [0.29, 0.717) is 0 Å². The number of aryl methyl sites for hydroxylation is 1. The molecule has 2 N–H and O–H groups in total. The lowest BCUT2D eigenvalue weighted by Crippen LogP contribution is -2.28. The van der Waals surface area contributed by atoms with Crippen LogP contribution in [0.3, 0.4) is 0 Å². The molecule has 2 aliphatic rings. The van der Waals surface area contributed by atoms with Gasteiger partial charge in [0.25, 0.3) is 0 Å². The van der Waals surface area contributed by atoms with E-state index in [-0.39, 0.29) is 23.9 Å². The van der Waals surface area contributed by atoms with E-state index in [9.17, 15) is 14.4 Å². The van der Waals surface area contributed by atoms with Crippen molar-refractivity contribution in [3.8, 4) is 0 Å². The van der Waals surface area contributed by atoms with E-state index in [1.165, 1.54) is 48.6 Å². The quantitative estimate of drug-likeness (QED) is 0.320. The molecule has 0 radical (unpaired) electrons. The maximum absolute atomic E-state index is 12.1. The highest BCUT2D eigenvalue weighted by Gasteiger charge is 2.34. The number of benzene rings is 3. The highest BCUT2D eigenvalue weighted by atomic mass is 35.5. The van der Waals surface area contributed by atoms with Crippen molar-refractivity contribution in [1.82, 2.24) is 0 Å². The van der Waals surface area contributed by atoms with Crippen molar-refractivity contribution in [2.45, 2.75) is 38.5 Å². The molecule has 6 nitrogen and oxygen atoms in total. The second-order valence-corrected chi connectivity index (χ2v) is 9.76. The van der Waals surface area contributed by atoms with Gasteiger partial charge in [-0.05, 0) is 66.0 Å². The van der Waals surface area contributed by atoms with E-state index < -0.39 is 17.4 Å². The maximum Gasteiger partial charge on any atom is 0.331 e. The van der Waals surface area contributed by atoms with Gasteiger partial charge in [0.2, 0.25) is 0 Å². The van der Waals surface area contributed by atoms with Gasteiger partial charge in [-0.25, -0.2) is 4.79 Å². The largest absolute Gasteiger partial charge is 0.481 e. The lowest BCUT2D eigenvalue weighted by atomic mass is 9.80. The first kappa shape index (κ1) is 25.5. The van der Waals surface area contributed by atoms with Crippen LogP contribution in [0.2, 0.25) is 5.02 Å². The molecule has 7 heteroatoms. The first-order valence-corrected chi connectivity index (χ1v) is 12.1. The van der Waals surface area contributed by atoms with Crippen LogP contribution in [0.4, 0.5) is 0 Å². The Bertz CT molecular complexity index is 1440. The molecule has 36 heavy (non-hydrogen) atoms. The van der Waals surface area contributed by atoms with Crippen LogP contribution in [0.15, 0.2) is 66.3 Å². The van der Waals surface area contributed by atoms with Crippen LogP contribution in [-0.4, -0.2) is 35.2 Å². The Kier molecular flexibility index (Phi) is 7.18. The van der Waals surface area contributed by atoms with Crippen molar-refractivity contribution in [2.24, 2.45) is 5.41 Å². The number of halogens is 1. The number of carbonyl (C=O) groups excluding carboxylic acids is 1. The minimum atomic E-state index is -1.08. The van der Waals surface area contributed by atoms with Crippen LogP contribution >= 0.6 is 11.6 Å². The fourth-order valence-corrected chi connectivity index (χ4v) is 5.30. The first-order chi connectivity index (χ1) is 17.2. The zero-order valence-electron chi connectivity index (χ0n) is 20.1. The van der Waals surface area contributed by atoms with Gasteiger partial charge in [-0.2, -0.15) is 0 Å².